The van der Waals surface area contributed by atoms with Crippen molar-refractivity contribution >= 4 is 38.2 Å². The number of fused-ring (bicyclic) bond motifs is 1. The fourth-order valence-electron chi connectivity index (χ4n) is 1.99. The monoisotopic (exact) mass is 321 g/mol. The smallest absolute Gasteiger partial charge is 0.134 e. The van der Waals surface area contributed by atoms with Gasteiger partial charge in [0.1, 0.15) is 11.3 Å². The third-order valence-corrected chi connectivity index (χ3v) is 4.47. The van der Waals surface area contributed by atoms with E-state index in [-0.39, 0.29) is 6.04 Å². The van der Waals surface area contributed by atoms with Crippen LogP contribution in [0, 0.1) is 6.92 Å². The molecule has 0 spiro atoms. The molecule has 3 aromatic rings. The molecule has 0 amide bonds. The lowest BCUT2D eigenvalue weighted by Crippen LogP contribution is -2.09. The van der Waals surface area contributed by atoms with Gasteiger partial charge in [-0.15, -0.1) is 11.3 Å². The van der Waals surface area contributed by atoms with Crippen LogP contribution in [0.15, 0.2) is 43.9 Å². The minimum absolute atomic E-state index is 0.208. The average Bonchev–Trinajstić information content (AvgIpc) is 2.93. The minimum Gasteiger partial charge on any atom is -0.459 e. The lowest BCUT2D eigenvalue weighted by Gasteiger charge is -2.05. The molecule has 1 unspecified atom stereocenters. The molecule has 1 aromatic carbocycles. The van der Waals surface area contributed by atoms with E-state index in [9.17, 15) is 0 Å². The fourth-order valence-corrected chi connectivity index (χ4v) is 3.20. The van der Waals surface area contributed by atoms with E-state index in [0.717, 1.165) is 26.1 Å². The van der Waals surface area contributed by atoms with Gasteiger partial charge in [0.2, 0.25) is 0 Å². The molecule has 0 aliphatic heterocycles. The molecule has 2 N–H and O–H groups in total. The number of nitrogens with two attached hydrogens (primary N) is 1. The topological polar surface area (TPSA) is 39.2 Å². The lowest BCUT2D eigenvalue weighted by molar-refractivity contribution is 0.525. The third kappa shape index (κ3) is 2.11. The van der Waals surface area contributed by atoms with E-state index in [4.69, 9.17) is 10.2 Å². The molecule has 18 heavy (non-hydrogen) atoms. The van der Waals surface area contributed by atoms with Crippen molar-refractivity contribution < 1.29 is 4.42 Å². The molecular weight excluding hydrogens is 310 g/mol. The summed E-state index contributed by atoms with van der Waals surface area (Å²) in [7, 11) is 0. The summed E-state index contributed by atoms with van der Waals surface area (Å²) >= 11 is 5.08. The third-order valence-electron chi connectivity index (χ3n) is 2.94. The van der Waals surface area contributed by atoms with Gasteiger partial charge < -0.3 is 10.2 Å². The zero-order valence-corrected chi connectivity index (χ0v) is 12.2. The van der Waals surface area contributed by atoms with Crippen LogP contribution in [0.2, 0.25) is 0 Å². The van der Waals surface area contributed by atoms with E-state index < -0.39 is 0 Å². The zero-order chi connectivity index (χ0) is 12.7. The predicted molar refractivity (Wildman–Crippen MR) is 79.0 cm³/mol. The van der Waals surface area contributed by atoms with Crippen LogP contribution in [0.5, 0.6) is 0 Å². The maximum absolute atomic E-state index is 6.22. The highest BCUT2D eigenvalue weighted by molar-refractivity contribution is 9.11. The van der Waals surface area contributed by atoms with Gasteiger partial charge in [0.05, 0.1) is 9.83 Å². The summed E-state index contributed by atoms with van der Waals surface area (Å²) in [4.78, 5) is 0. The molecule has 2 heterocycles. The van der Waals surface area contributed by atoms with Gasteiger partial charge >= 0.3 is 0 Å². The van der Waals surface area contributed by atoms with Crippen molar-refractivity contribution in [3.63, 3.8) is 0 Å². The fraction of sp³-hybridized carbons (Fsp3) is 0.143. The standard InChI is InChI=1S/C14H12BrNOS/c1-8-2-3-11-9(4-8)5-12(17-11)14(16)10-6-13(15)18-7-10/h2-7,14H,16H2,1H3. The summed E-state index contributed by atoms with van der Waals surface area (Å²) in [5, 5.41) is 3.16. The SMILES string of the molecule is Cc1ccc2oc(C(N)c3csc(Br)c3)cc2c1. The van der Waals surface area contributed by atoms with E-state index in [2.05, 4.69) is 28.9 Å². The van der Waals surface area contributed by atoms with Gasteiger partial charge in [0.25, 0.3) is 0 Å². The molecular formula is C14H12BrNOS. The van der Waals surface area contributed by atoms with E-state index in [1.807, 2.05) is 29.6 Å². The van der Waals surface area contributed by atoms with Crippen molar-refractivity contribution in [1.82, 2.24) is 0 Å². The van der Waals surface area contributed by atoms with Crippen LogP contribution in [-0.2, 0) is 0 Å². The summed E-state index contributed by atoms with van der Waals surface area (Å²) in [6.45, 7) is 2.07. The lowest BCUT2D eigenvalue weighted by atomic mass is 10.1. The first-order valence-electron chi connectivity index (χ1n) is 5.63. The number of hydrogen-bond acceptors (Lipinski definition) is 3. The second-order valence-corrected chi connectivity index (χ2v) is 6.64. The van der Waals surface area contributed by atoms with Crippen LogP contribution in [0.4, 0.5) is 0 Å². The maximum Gasteiger partial charge on any atom is 0.134 e. The maximum atomic E-state index is 6.22. The molecule has 0 radical (unpaired) electrons. The molecule has 0 aliphatic carbocycles. The highest BCUT2D eigenvalue weighted by atomic mass is 79.9. The Morgan fingerprint density at radius 3 is 2.83 bits per heavy atom. The first kappa shape index (κ1) is 12.0. The van der Waals surface area contributed by atoms with E-state index >= 15 is 0 Å². The van der Waals surface area contributed by atoms with Crippen molar-refractivity contribution in [2.45, 2.75) is 13.0 Å². The second kappa shape index (κ2) is 4.53. The minimum atomic E-state index is -0.208. The summed E-state index contributed by atoms with van der Waals surface area (Å²) in [5.41, 5.74) is 9.41. The summed E-state index contributed by atoms with van der Waals surface area (Å²) < 4.78 is 6.90. The van der Waals surface area contributed by atoms with Crippen LogP contribution in [-0.4, -0.2) is 0 Å². The number of aryl methyl sites for hydroxylation is 1. The first-order valence-corrected chi connectivity index (χ1v) is 7.30. The zero-order valence-electron chi connectivity index (χ0n) is 9.81. The molecule has 0 saturated carbocycles. The van der Waals surface area contributed by atoms with Crippen molar-refractivity contribution in [2.75, 3.05) is 0 Å². The molecule has 1 atom stereocenters. The Morgan fingerprint density at radius 1 is 1.28 bits per heavy atom. The number of rotatable bonds is 2. The van der Waals surface area contributed by atoms with Crippen molar-refractivity contribution in [3.05, 3.63) is 56.4 Å². The Kier molecular flexibility index (Phi) is 3.01. The van der Waals surface area contributed by atoms with Gasteiger partial charge in [0, 0.05) is 5.39 Å². The van der Waals surface area contributed by atoms with Crippen LogP contribution < -0.4 is 5.73 Å². The summed E-state index contributed by atoms with van der Waals surface area (Å²) in [5.74, 6) is 0.806. The molecule has 0 fully saturated rings. The Balaban J connectivity index is 2.03. The Labute approximate surface area is 118 Å². The van der Waals surface area contributed by atoms with Gasteiger partial charge in [-0.3, -0.25) is 0 Å². The number of hydrogen-bond donors (Lipinski definition) is 1. The van der Waals surface area contributed by atoms with Crippen LogP contribution in [0.25, 0.3) is 11.0 Å². The van der Waals surface area contributed by atoms with E-state index in [1.165, 1.54) is 5.56 Å². The molecule has 0 bridgehead atoms. The van der Waals surface area contributed by atoms with Gasteiger partial charge in [-0.2, -0.15) is 0 Å². The summed E-state index contributed by atoms with van der Waals surface area (Å²) in [6.07, 6.45) is 0. The van der Waals surface area contributed by atoms with Gasteiger partial charge in [-0.25, -0.2) is 0 Å². The number of thiophene rings is 1. The van der Waals surface area contributed by atoms with Crippen LogP contribution in [0.1, 0.15) is 22.9 Å². The van der Waals surface area contributed by atoms with Gasteiger partial charge in [-0.05, 0) is 58.1 Å². The number of benzene rings is 1. The molecule has 4 heteroatoms. The quantitative estimate of drug-likeness (QED) is 0.748. The van der Waals surface area contributed by atoms with Crippen molar-refractivity contribution in [2.24, 2.45) is 5.73 Å². The molecule has 0 saturated heterocycles. The van der Waals surface area contributed by atoms with E-state index in [0.29, 0.717) is 0 Å². The van der Waals surface area contributed by atoms with Gasteiger partial charge in [-0.1, -0.05) is 11.6 Å². The number of halogens is 1. The normalized spacial score (nSPS) is 13.1. The molecule has 3 rings (SSSR count). The van der Waals surface area contributed by atoms with Crippen molar-refractivity contribution in [3.8, 4) is 0 Å². The predicted octanol–water partition coefficient (Wildman–Crippen LogP) is 4.61. The van der Waals surface area contributed by atoms with Crippen LogP contribution in [0.3, 0.4) is 0 Å². The second-order valence-electron chi connectivity index (χ2n) is 4.35. The Bertz CT molecular complexity index is 701. The highest BCUT2D eigenvalue weighted by Crippen LogP contribution is 2.31. The molecule has 92 valence electrons. The highest BCUT2D eigenvalue weighted by Gasteiger charge is 2.15. The summed E-state index contributed by atoms with van der Waals surface area (Å²) in [6, 6.07) is 10.00. The van der Waals surface area contributed by atoms with Crippen LogP contribution >= 0.6 is 27.3 Å². The molecule has 2 nitrogen and oxygen atoms in total. The number of furan rings is 1. The Morgan fingerprint density at radius 2 is 2.11 bits per heavy atom. The van der Waals surface area contributed by atoms with Crippen molar-refractivity contribution in [1.29, 1.82) is 0 Å². The largest absolute Gasteiger partial charge is 0.459 e. The average molecular weight is 322 g/mol. The van der Waals surface area contributed by atoms with Gasteiger partial charge in [0.15, 0.2) is 0 Å². The molecule has 0 aliphatic rings. The Hall–Kier alpha value is -1.10. The van der Waals surface area contributed by atoms with E-state index in [1.54, 1.807) is 11.3 Å². The first-order chi connectivity index (χ1) is 8.63. The molecule has 2 aromatic heterocycles.